The van der Waals surface area contributed by atoms with Crippen LogP contribution in [0.2, 0.25) is 0 Å². The highest BCUT2D eigenvalue weighted by molar-refractivity contribution is 5.70. The van der Waals surface area contributed by atoms with Crippen LogP contribution in [-0.2, 0) is 0 Å². The van der Waals surface area contributed by atoms with Crippen molar-refractivity contribution in [2.24, 2.45) is 5.92 Å². The smallest absolute Gasteiger partial charge is 0.00552 e. The lowest BCUT2D eigenvalue weighted by Gasteiger charge is -2.22. The molecule has 0 saturated carbocycles. The van der Waals surface area contributed by atoms with Crippen LogP contribution in [0.5, 0.6) is 0 Å². The summed E-state index contributed by atoms with van der Waals surface area (Å²) in [5.74, 6) is 0.573. The highest BCUT2D eigenvalue weighted by atomic mass is 14.2. The molecule has 0 amide bonds. The fourth-order valence-electron chi connectivity index (χ4n) is 2.93. The van der Waals surface area contributed by atoms with Crippen LogP contribution in [-0.4, -0.2) is 0 Å². The molecule has 1 aromatic rings. The second-order valence-electron chi connectivity index (χ2n) is 5.49. The SMILES string of the molecule is CC1=CC=CC(C2=CCCC(c3ccccc3)=C2)C1. The van der Waals surface area contributed by atoms with Gasteiger partial charge in [0, 0.05) is 5.92 Å². The van der Waals surface area contributed by atoms with E-state index in [2.05, 4.69) is 67.6 Å². The molecule has 0 saturated heterocycles. The predicted octanol–water partition coefficient (Wildman–Crippen LogP) is 5.31. The van der Waals surface area contributed by atoms with Crippen LogP contribution in [0.4, 0.5) is 0 Å². The Morgan fingerprint density at radius 1 is 1.11 bits per heavy atom. The molecule has 1 aromatic carbocycles. The standard InChI is InChI=1S/C19H20/c1-15-7-5-10-17(13-15)19-12-6-11-18(14-19)16-8-3-2-4-9-16/h2-5,7-10,12,14,17H,6,11,13H2,1H3. The molecule has 3 rings (SSSR count). The largest absolute Gasteiger partial charge is 0.0804 e. The quantitative estimate of drug-likeness (QED) is 0.665. The summed E-state index contributed by atoms with van der Waals surface area (Å²) >= 11 is 0. The molecule has 0 fully saturated rings. The van der Waals surface area contributed by atoms with Gasteiger partial charge in [0.2, 0.25) is 0 Å². The number of benzene rings is 1. The summed E-state index contributed by atoms with van der Waals surface area (Å²) in [6, 6.07) is 10.8. The molecule has 96 valence electrons. The Balaban J connectivity index is 1.85. The lowest BCUT2D eigenvalue weighted by Crippen LogP contribution is -2.06. The third-order valence-electron chi connectivity index (χ3n) is 3.97. The van der Waals surface area contributed by atoms with Crippen LogP contribution in [0, 0.1) is 5.92 Å². The molecule has 0 aliphatic heterocycles. The normalized spacial score (nSPS) is 22.6. The Morgan fingerprint density at radius 2 is 1.95 bits per heavy atom. The van der Waals surface area contributed by atoms with E-state index in [-0.39, 0.29) is 0 Å². The summed E-state index contributed by atoms with van der Waals surface area (Å²) < 4.78 is 0. The van der Waals surface area contributed by atoms with Gasteiger partial charge in [-0.05, 0) is 42.9 Å². The second kappa shape index (κ2) is 5.44. The topological polar surface area (TPSA) is 0 Å². The first-order valence-electron chi connectivity index (χ1n) is 7.13. The molecular weight excluding hydrogens is 228 g/mol. The molecular formula is C19H20. The van der Waals surface area contributed by atoms with E-state index in [1.165, 1.54) is 41.5 Å². The van der Waals surface area contributed by atoms with Crippen LogP contribution >= 0.6 is 0 Å². The fraction of sp³-hybridized carbons (Fsp3) is 0.263. The first-order valence-corrected chi connectivity index (χ1v) is 7.13. The maximum atomic E-state index is 2.42. The third-order valence-corrected chi connectivity index (χ3v) is 3.97. The first-order chi connectivity index (χ1) is 9.33. The minimum Gasteiger partial charge on any atom is -0.0804 e. The molecule has 0 radical (unpaired) electrons. The maximum Gasteiger partial charge on any atom is 0.00552 e. The van der Waals surface area contributed by atoms with Crippen molar-refractivity contribution in [3.63, 3.8) is 0 Å². The van der Waals surface area contributed by atoms with E-state index < -0.39 is 0 Å². The molecule has 0 bridgehead atoms. The Kier molecular flexibility index (Phi) is 3.50. The van der Waals surface area contributed by atoms with Crippen molar-refractivity contribution in [3.8, 4) is 0 Å². The summed E-state index contributed by atoms with van der Waals surface area (Å²) in [6.45, 7) is 2.22. The van der Waals surface area contributed by atoms with E-state index in [1.54, 1.807) is 0 Å². The van der Waals surface area contributed by atoms with Gasteiger partial charge in [-0.25, -0.2) is 0 Å². The Labute approximate surface area is 115 Å². The fourth-order valence-corrected chi connectivity index (χ4v) is 2.93. The molecule has 2 aliphatic carbocycles. The molecule has 0 heteroatoms. The van der Waals surface area contributed by atoms with E-state index in [1.807, 2.05) is 0 Å². The lowest BCUT2D eigenvalue weighted by atomic mass is 9.83. The Bertz CT molecular complexity index is 567. The summed E-state index contributed by atoms with van der Waals surface area (Å²) in [5.41, 5.74) is 5.83. The first kappa shape index (κ1) is 12.2. The van der Waals surface area contributed by atoms with E-state index in [9.17, 15) is 0 Å². The van der Waals surface area contributed by atoms with Gasteiger partial charge in [0.1, 0.15) is 0 Å². The van der Waals surface area contributed by atoms with Crippen molar-refractivity contribution in [1.82, 2.24) is 0 Å². The molecule has 0 heterocycles. The van der Waals surface area contributed by atoms with Crippen molar-refractivity contribution in [2.45, 2.75) is 26.2 Å². The average molecular weight is 248 g/mol. The van der Waals surface area contributed by atoms with Gasteiger partial charge in [-0.2, -0.15) is 0 Å². The molecule has 0 spiro atoms. The van der Waals surface area contributed by atoms with Crippen LogP contribution in [0.15, 0.2) is 71.9 Å². The molecule has 2 aliphatic rings. The number of hydrogen-bond donors (Lipinski definition) is 0. The summed E-state index contributed by atoms with van der Waals surface area (Å²) in [6.07, 6.45) is 15.1. The maximum absolute atomic E-state index is 2.42. The lowest BCUT2D eigenvalue weighted by molar-refractivity contribution is 0.742. The van der Waals surface area contributed by atoms with Crippen LogP contribution < -0.4 is 0 Å². The summed E-state index contributed by atoms with van der Waals surface area (Å²) in [7, 11) is 0. The molecule has 0 nitrogen and oxygen atoms in total. The summed E-state index contributed by atoms with van der Waals surface area (Å²) in [5, 5.41) is 0. The van der Waals surface area contributed by atoms with Gasteiger partial charge >= 0.3 is 0 Å². The van der Waals surface area contributed by atoms with E-state index in [4.69, 9.17) is 0 Å². The molecule has 19 heavy (non-hydrogen) atoms. The Hall–Kier alpha value is -1.82. The van der Waals surface area contributed by atoms with Gasteiger partial charge in [-0.15, -0.1) is 0 Å². The average Bonchev–Trinajstić information content (AvgIpc) is 2.48. The van der Waals surface area contributed by atoms with Crippen LogP contribution in [0.25, 0.3) is 5.57 Å². The zero-order valence-electron chi connectivity index (χ0n) is 11.5. The van der Waals surface area contributed by atoms with Crippen molar-refractivity contribution in [2.75, 3.05) is 0 Å². The monoisotopic (exact) mass is 248 g/mol. The van der Waals surface area contributed by atoms with Crippen LogP contribution in [0.3, 0.4) is 0 Å². The third kappa shape index (κ3) is 2.78. The molecule has 1 atom stereocenters. The van der Waals surface area contributed by atoms with E-state index >= 15 is 0 Å². The van der Waals surface area contributed by atoms with E-state index in [0.717, 1.165) is 0 Å². The van der Waals surface area contributed by atoms with Gasteiger partial charge in [0.25, 0.3) is 0 Å². The summed E-state index contributed by atoms with van der Waals surface area (Å²) in [4.78, 5) is 0. The Morgan fingerprint density at radius 3 is 2.74 bits per heavy atom. The number of allylic oxidation sites excluding steroid dienone is 8. The van der Waals surface area contributed by atoms with Gasteiger partial charge < -0.3 is 0 Å². The molecule has 0 N–H and O–H groups in total. The number of hydrogen-bond acceptors (Lipinski definition) is 0. The van der Waals surface area contributed by atoms with Gasteiger partial charge in [0.15, 0.2) is 0 Å². The molecule has 1 unspecified atom stereocenters. The zero-order valence-corrected chi connectivity index (χ0v) is 11.5. The van der Waals surface area contributed by atoms with Crippen molar-refractivity contribution in [3.05, 3.63) is 77.4 Å². The van der Waals surface area contributed by atoms with Crippen LogP contribution in [0.1, 0.15) is 31.7 Å². The van der Waals surface area contributed by atoms with Gasteiger partial charge in [-0.1, -0.05) is 66.3 Å². The van der Waals surface area contributed by atoms with Gasteiger partial charge in [-0.3, -0.25) is 0 Å². The van der Waals surface area contributed by atoms with E-state index in [0.29, 0.717) is 5.92 Å². The van der Waals surface area contributed by atoms with Crippen molar-refractivity contribution >= 4 is 5.57 Å². The highest BCUT2D eigenvalue weighted by Gasteiger charge is 2.16. The number of rotatable bonds is 2. The van der Waals surface area contributed by atoms with Gasteiger partial charge in [0.05, 0.1) is 0 Å². The van der Waals surface area contributed by atoms with Crippen molar-refractivity contribution < 1.29 is 0 Å². The predicted molar refractivity (Wildman–Crippen MR) is 82.7 cm³/mol. The highest BCUT2D eigenvalue weighted by Crippen LogP contribution is 2.33. The minimum absolute atomic E-state index is 0.573. The second-order valence-corrected chi connectivity index (χ2v) is 5.49. The minimum atomic E-state index is 0.573. The molecule has 0 aromatic heterocycles. The zero-order chi connectivity index (χ0) is 13.1. The van der Waals surface area contributed by atoms with Crippen molar-refractivity contribution in [1.29, 1.82) is 0 Å².